The summed E-state index contributed by atoms with van der Waals surface area (Å²) in [5.74, 6) is 1.03. The summed E-state index contributed by atoms with van der Waals surface area (Å²) in [6.45, 7) is 5.98. The lowest BCUT2D eigenvalue weighted by Crippen LogP contribution is -2.51. The van der Waals surface area contributed by atoms with Gasteiger partial charge in [-0.05, 0) is 44.9 Å². The fourth-order valence-corrected chi connectivity index (χ4v) is 3.93. The molecule has 1 aliphatic carbocycles. The zero-order valence-electron chi connectivity index (χ0n) is 12.4. The smallest absolute Gasteiger partial charge is 0.326 e. The molecule has 1 rings (SSSR count). The molecule has 2 unspecified atom stereocenters. The van der Waals surface area contributed by atoms with Crippen LogP contribution in [0.25, 0.3) is 0 Å². The molecule has 4 nitrogen and oxygen atoms in total. The van der Waals surface area contributed by atoms with Gasteiger partial charge in [0.05, 0.1) is 6.61 Å². The molecular weight excluding hydrogens is 262 g/mol. The second-order valence-electron chi connectivity index (χ2n) is 4.91. The van der Waals surface area contributed by atoms with Crippen LogP contribution in [0.2, 0.25) is 0 Å². The molecule has 0 heterocycles. The molecule has 1 saturated carbocycles. The molecule has 1 fully saturated rings. The van der Waals surface area contributed by atoms with E-state index in [1.165, 1.54) is 0 Å². The van der Waals surface area contributed by atoms with Crippen molar-refractivity contribution < 1.29 is 14.3 Å². The number of methoxy groups -OCH3 is 1. The molecule has 0 aliphatic heterocycles. The van der Waals surface area contributed by atoms with Crippen molar-refractivity contribution in [3.8, 4) is 0 Å². The normalized spacial score (nSPS) is 26.6. The maximum absolute atomic E-state index is 12.2. The van der Waals surface area contributed by atoms with Crippen molar-refractivity contribution >= 4 is 17.7 Å². The quantitative estimate of drug-likeness (QED) is 0.521. The molecule has 0 aromatic carbocycles. The summed E-state index contributed by atoms with van der Waals surface area (Å²) in [6, 6.07) is 0. The molecule has 5 heteroatoms. The predicted octanol–water partition coefficient (Wildman–Crippen LogP) is 2.22. The molecule has 0 aromatic rings. The minimum Gasteiger partial charge on any atom is -0.465 e. The Labute approximate surface area is 121 Å². The monoisotopic (exact) mass is 289 g/mol. The summed E-state index contributed by atoms with van der Waals surface area (Å²) < 4.78 is 10.3. The third-order valence-corrected chi connectivity index (χ3v) is 4.90. The average molecular weight is 289 g/mol. The van der Waals surface area contributed by atoms with Crippen molar-refractivity contribution in [1.29, 1.82) is 0 Å². The van der Waals surface area contributed by atoms with E-state index in [1.807, 2.05) is 25.6 Å². The lowest BCUT2D eigenvalue weighted by molar-refractivity contribution is -0.151. The minimum absolute atomic E-state index is 0.0724. The number of carbonyl (C=O) groups is 1. The number of rotatable bonds is 9. The van der Waals surface area contributed by atoms with Crippen LogP contribution in [0, 0.1) is 0 Å². The first-order valence-corrected chi connectivity index (χ1v) is 8.26. The zero-order valence-corrected chi connectivity index (χ0v) is 13.2. The lowest BCUT2D eigenvalue weighted by Gasteiger charge is -2.27. The minimum atomic E-state index is -0.441. The van der Waals surface area contributed by atoms with Crippen molar-refractivity contribution in [2.45, 2.75) is 50.3 Å². The molecular formula is C14H27NO3S. The Morgan fingerprint density at radius 1 is 1.47 bits per heavy atom. The van der Waals surface area contributed by atoms with Gasteiger partial charge < -0.3 is 14.8 Å². The molecule has 112 valence electrons. The van der Waals surface area contributed by atoms with Gasteiger partial charge in [-0.25, -0.2) is 0 Å². The molecule has 0 spiro atoms. The van der Waals surface area contributed by atoms with Crippen molar-refractivity contribution in [1.82, 2.24) is 5.32 Å². The summed E-state index contributed by atoms with van der Waals surface area (Å²) in [6.07, 6.45) is 3.94. The maximum atomic E-state index is 12.2. The molecule has 0 radical (unpaired) electrons. The number of thioether (sulfide) groups is 1. The van der Waals surface area contributed by atoms with E-state index in [9.17, 15) is 4.79 Å². The number of esters is 1. The molecule has 0 amide bonds. The highest BCUT2D eigenvalue weighted by molar-refractivity contribution is 7.99. The third kappa shape index (κ3) is 4.97. The number of ether oxygens (including phenoxy) is 2. The van der Waals surface area contributed by atoms with Crippen LogP contribution in [0.4, 0.5) is 0 Å². The van der Waals surface area contributed by atoms with E-state index in [4.69, 9.17) is 9.47 Å². The summed E-state index contributed by atoms with van der Waals surface area (Å²) >= 11 is 1.96. The largest absolute Gasteiger partial charge is 0.465 e. The van der Waals surface area contributed by atoms with Crippen LogP contribution < -0.4 is 5.32 Å². The molecule has 0 saturated heterocycles. The SMILES string of the molecule is CCNC1(C(=O)OCC)CCC(SCCCOC)C1. The van der Waals surface area contributed by atoms with Crippen LogP contribution in [0.3, 0.4) is 0 Å². The zero-order chi connectivity index (χ0) is 14.1. The predicted molar refractivity (Wildman–Crippen MR) is 79.6 cm³/mol. The van der Waals surface area contributed by atoms with Crippen molar-refractivity contribution in [3.63, 3.8) is 0 Å². The maximum Gasteiger partial charge on any atom is 0.326 e. The molecule has 0 aromatic heterocycles. The Morgan fingerprint density at radius 2 is 2.26 bits per heavy atom. The van der Waals surface area contributed by atoms with Gasteiger partial charge in [0.1, 0.15) is 5.54 Å². The second kappa shape index (κ2) is 8.82. The lowest BCUT2D eigenvalue weighted by atomic mass is 9.98. The van der Waals surface area contributed by atoms with Gasteiger partial charge in [0, 0.05) is 19.0 Å². The Bertz CT molecular complexity index is 275. The Kier molecular flexibility index (Phi) is 7.80. The van der Waals surface area contributed by atoms with E-state index in [0.717, 1.165) is 44.6 Å². The van der Waals surface area contributed by atoms with Crippen LogP contribution in [0.5, 0.6) is 0 Å². The van der Waals surface area contributed by atoms with Crippen LogP contribution in [-0.4, -0.2) is 49.4 Å². The van der Waals surface area contributed by atoms with Gasteiger partial charge >= 0.3 is 5.97 Å². The average Bonchev–Trinajstić information content (AvgIpc) is 2.80. The van der Waals surface area contributed by atoms with Crippen LogP contribution >= 0.6 is 11.8 Å². The molecule has 19 heavy (non-hydrogen) atoms. The Morgan fingerprint density at radius 3 is 2.89 bits per heavy atom. The van der Waals surface area contributed by atoms with E-state index >= 15 is 0 Å². The Balaban J connectivity index is 2.45. The van der Waals surface area contributed by atoms with Crippen LogP contribution in [0.1, 0.15) is 39.5 Å². The van der Waals surface area contributed by atoms with Gasteiger partial charge in [-0.2, -0.15) is 11.8 Å². The summed E-state index contributed by atoms with van der Waals surface area (Å²) in [7, 11) is 1.73. The summed E-state index contributed by atoms with van der Waals surface area (Å²) in [5, 5.41) is 3.92. The molecule has 0 bridgehead atoms. The topological polar surface area (TPSA) is 47.6 Å². The van der Waals surface area contributed by atoms with Gasteiger partial charge in [-0.3, -0.25) is 4.79 Å². The Hall–Kier alpha value is -0.260. The molecule has 1 N–H and O–H groups in total. The van der Waals surface area contributed by atoms with Crippen LogP contribution in [0.15, 0.2) is 0 Å². The number of hydrogen-bond donors (Lipinski definition) is 1. The van der Waals surface area contributed by atoms with Crippen molar-refractivity contribution in [2.24, 2.45) is 0 Å². The highest BCUT2D eigenvalue weighted by Crippen LogP contribution is 2.38. The number of nitrogens with one attached hydrogen (secondary N) is 1. The first-order chi connectivity index (χ1) is 9.18. The number of likely N-dealkylation sites (N-methyl/N-ethyl adjacent to an activating group) is 1. The van der Waals surface area contributed by atoms with E-state index in [2.05, 4.69) is 5.32 Å². The summed E-state index contributed by atoms with van der Waals surface area (Å²) in [4.78, 5) is 12.2. The van der Waals surface area contributed by atoms with Gasteiger partial charge in [0.25, 0.3) is 0 Å². The van der Waals surface area contributed by atoms with Gasteiger partial charge in [0.2, 0.25) is 0 Å². The number of carbonyl (C=O) groups excluding carboxylic acids is 1. The standard InChI is InChI=1S/C14H27NO3S/c1-4-15-14(13(16)18-5-2)8-7-12(11-14)19-10-6-9-17-3/h12,15H,4-11H2,1-3H3. The van der Waals surface area contributed by atoms with E-state index in [-0.39, 0.29) is 5.97 Å². The highest BCUT2D eigenvalue weighted by Gasteiger charge is 2.45. The van der Waals surface area contributed by atoms with E-state index in [1.54, 1.807) is 7.11 Å². The van der Waals surface area contributed by atoms with Crippen molar-refractivity contribution in [2.75, 3.05) is 32.6 Å². The third-order valence-electron chi connectivity index (χ3n) is 3.50. The van der Waals surface area contributed by atoms with Gasteiger partial charge in [-0.1, -0.05) is 6.92 Å². The fourth-order valence-electron chi connectivity index (χ4n) is 2.62. The molecule has 1 aliphatic rings. The first kappa shape index (κ1) is 16.8. The first-order valence-electron chi connectivity index (χ1n) is 7.21. The number of hydrogen-bond acceptors (Lipinski definition) is 5. The van der Waals surface area contributed by atoms with Crippen LogP contribution in [-0.2, 0) is 14.3 Å². The molecule has 2 atom stereocenters. The van der Waals surface area contributed by atoms with Gasteiger partial charge in [0.15, 0.2) is 0 Å². The van der Waals surface area contributed by atoms with E-state index in [0.29, 0.717) is 11.9 Å². The van der Waals surface area contributed by atoms with E-state index < -0.39 is 5.54 Å². The summed E-state index contributed by atoms with van der Waals surface area (Å²) in [5.41, 5.74) is -0.441. The second-order valence-corrected chi connectivity index (χ2v) is 6.32. The van der Waals surface area contributed by atoms with Gasteiger partial charge in [-0.15, -0.1) is 0 Å². The van der Waals surface area contributed by atoms with Crippen molar-refractivity contribution in [3.05, 3.63) is 0 Å². The highest BCUT2D eigenvalue weighted by atomic mass is 32.2. The fraction of sp³-hybridized carbons (Fsp3) is 0.929.